The van der Waals surface area contributed by atoms with E-state index in [4.69, 9.17) is 0 Å². The van der Waals surface area contributed by atoms with E-state index in [-0.39, 0.29) is 0 Å². The van der Waals surface area contributed by atoms with Crippen LogP contribution in [-0.4, -0.2) is 4.98 Å². The Morgan fingerprint density at radius 2 is 1.15 bits per heavy atom. The quantitative estimate of drug-likeness (QED) is 0.328. The van der Waals surface area contributed by atoms with Crippen molar-refractivity contribution in [1.82, 2.24) is 4.98 Å². The van der Waals surface area contributed by atoms with E-state index in [1.165, 1.54) is 37.2 Å². The van der Waals surface area contributed by atoms with Crippen LogP contribution in [0.5, 0.6) is 0 Å². The van der Waals surface area contributed by atoms with Gasteiger partial charge >= 0.3 is 0 Å². The number of aromatic nitrogens is 1. The fourth-order valence-electron chi connectivity index (χ4n) is 3.53. The molecule has 5 rings (SSSR count). The van der Waals surface area contributed by atoms with Gasteiger partial charge in [-0.1, -0.05) is 84.9 Å². The van der Waals surface area contributed by atoms with Crippen LogP contribution in [-0.2, 0) is 0 Å². The van der Waals surface area contributed by atoms with E-state index in [2.05, 4.69) is 96.0 Å². The van der Waals surface area contributed by atoms with Crippen LogP contribution in [0.2, 0.25) is 0 Å². The number of hydrogen-bond acceptors (Lipinski definition) is 2. The van der Waals surface area contributed by atoms with E-state index in [1.807, 2.05) is 23.6 Å². The summed E-state index contributed by atoms with van der Waals surface area (Å²) in [4.78, 5) is 7.12. The molecular formula is C25H17NS. The van der Waals surface area contributed by atoms with Gasteiger partial charge in [0, 0.05) is 27.4 Å². The molecule has 0 radical (unpaired) electrons. The van der Waals surface area contributed by atoms with Crippen LogP contribution >= 0.6 is 11.3 Å². The van der Waals surface area contributed by atoms with E-state index in [9.17, 15) is 0 Å². The minimum absolute atomic E-state index is 1.03. The van der Waals surface area contributed by atoms with Crippen LogP contribution in [0.1, 0.15) is 0 Å². The summed E-state index contributed by atoms with van der Waals surface area (Å²) in [6.45, 7) is 0. The number of rotatable bonds is 3. The fourth-order valence-corrected chi connectivity index (χ4v) is 4.82. The fraction of sp³-hybridized carbons (Fsp3) is 0. The lowest BCUT2D eigenvalue weighted by atomic mass is 9.97. The molecule has 2 heterocycles. The predicted molar refractivity (Wildman–Crippen MR) is 116 cm³/mol. The van der Waals surface area contributed by atoms with Crippen molar-refractivity contribution in [1.29, 1.82) is 0 Å². The molecule has 0 aliphatic heterocycles. The smallest absolute Gasteiger partial charge is 0.0808 e. The summed E-state index contributed by atoms with van der Waals surface area (Å²) < 4.78 is 0. The third-order valence-electron chi connectivity index (χ3n) is 4.77. The molecule has 0 bridgehead atoms. The van der Waals surface area contributed by atoms with E-state index < -0.39 is 0 Å². The zero-order valence-corrected chi connectivity index (χ0v) is 15.5. The first kappa shape index (κ1) is 16.0. The molecule has 0 fully saturated rings. The number of pyridine rings is 1. The zero-order valence-electron chi connectivity index (χ0n) is 14.7. The molecule has 0 unspecified atom stereocenters. The Kier molecular flexibility index (Phi) is 4.04. The van der Waals surface area contributed by atoms with Gasteiger partial charge < -0.3 is 0 Å². The lowest BCUT2D eigenvalue weighted by Crippen LogP contribution is -1.82. The molecule has 0 aliphatic rings. The first-order chi connectivity index (χ1) is 13.4. The van der Waals surface area contributed by atoms with Gasteiger partial charge in [-0.05, 0) is 23.3 Å². The molecular weight excluding hydrogens is 346 g/mol. The molecule has 2 heteroatoms. The highest BCUT2D eigenvalue weighted by Gasteiger charge is 2.17. The second-order valence-corrected chi connectivity index (χ2v) is 7.45. The molecule has 2 aromatic heterocycles. The van der Waals surface area contributed by atoms with E-state index in [0.717, 1.165) is 5.69 Å². The lowest BCUT2D eigenvalue weighted by molar-refractivity contribution is 1.34. The molecule has 0 saturated carbocycles. The van der Waals surface area contributed by atoms with E-state index >= 15 is 0 Å². The van der Waals surface area contributed by atoms with Crippen LogP contribution in [0.25, 0.3) is 42.9 Å². The lowest BCUT2D eigenvalue weighted by Gasteiger charge is -2.09. The molecule has 0 N–H and O–H groups in total. The Balaban J connectivity index is 1.79. The summed E-state index contributed by atoms with van der Waals surface area (Å²) in [5.41, 5.74) is 4.80. The Hall–Kier alpha value is -3.23. The van der Waals surface area contributed by atoms with Gasteiger partial charge in [-0.2, -0.15) is 0 Å². The first-order valence-corrected chi connectivity index (χ1v) is 9.81. The van der Waals surface area contributed by atoms with Gasteiger partial charge in [0.1, 0.15) is 0 Å². The number of nitrogens with zero attached hydrogens (tertiary/aromatic N) is 1. The van der Waals surface area contributed by atoms with Crippen LogP contribution < -0.4 is 0 Å². The molecule has 5 aromatic rings. The minimum Gasteiger partial charge on any atom is -0.255 e. The van der Waals surface area contributed by atoms with Gasteiger partial charge in [0.05, 0.1) is 10.6 Å². The predicted octanol–water partition coefficient (Wildman–Crippen LogP) is 7.30. The van der Waals surface area contributed by atoms with Crippen LogP contribution in [0, 0.1) is 0 Å². The van der Waals surface area contributed by atoms with Crippen molar-refractivity contribution in [3.63, 3.8) is 0 Å². The van der Waals surface area contributed by atoms with Crippen LogP contribution in [0.3, 0.4) is 0 Å². The molecule has 0 aliphatic carbocycles. The highest BCUT2D eigenvalue weighted by atomic mass is 32.1. The van der Waals surface area contributed by atoms with Crippen molar-refractivity contribution >= 4 is 22.1 Å². The van der Waals surface area contributed by atoms with Gasteiger partial charge in [-0.15, -0.1) is 11.3 Å². The number of thiophene rings is 1. The maximum absolute atomic E-state index is 4.60. The molecule has 3 aromatic carbocycles. The summed E-state index contributed by atoms with van der Waals surface area (Å²) in [6.07, 6.45) is 1.86. The van der Waals surface area contributed by atoms with Crippen LogP contribution in [0.4, 0.5) is 0 Å². The summed E-state index contributed by atoms with van der Waals surface area (Å²) in [5, 5.41) is 2.55. The van der Waals surface area contributed by atoms with Crippen molar-refractivity contribution < 1.29 is 0 Å². The topological polar surface area (TPSA) is 12.9 Å². The normalized spacial score (nSPS) is 11.0. The van der Waals surface area contributed by atoms with E-state index in [1.54, 1.807) is 0 Å². The molecule has 0 spiro atoms. The Labute approximate surface area is 162 Å². The Morgan fingerprint density at radius 1 is 0.519 bits per heavy atom. The van der Waals surface area contributed by atoms with Gasteiger partial charge in [0.25, 0.3) is 0 Å². The third-order valence-corrected chi connectivity index (χ3v) is 6.05. The maximum atomic E-state index is 4.60. The average molecular weight is 363 g/mol. The minimum atomic E-state index is 1.03. The largest absolute Gasteiger partial charge is 0.255 e. The van der Waals surface area contributed by atoms with Crippen molar-refractivity contribution in [3.8, 4) is 32.1 Å². The number of benzene rings is 3. The van der Waals surface area contributed by atoms with Gasteiger partial charge in [0.15, 0.2) is 0 Å². The Morgan fingerprint density at radius 3 is 1.89 bits per heavy atom. The van der Waals surface area contributed by atoms with Gasteiger partial charge in [-0.3, -0.25) is 4.98 Å². The van der Waals surface area contributed by atoms with Crippen molar-refractivity contribution in [2.75, 3.05) is 0 Å². The van der Waals surface area contributed by atoms with Gasteiger partial charge in [0.2, 0.25) is 0 Å². The summed E-state index contributed by atoms with van der Waals surface area (Å²) in [6, 6.07) is 34.0. The zero-order chi connectivity index (χ0) is 18.1. The van der Waals surface area contributed by atoms with Crippen molar-refractivity contribution in [2.24, 2.45) is 0 Å². The second-order valence-electron chi connectivity index (χ2n) is 6.43. The van der Waals surface area contributed by atoms with Crippen molar-refractivity contribution in [2.45, 2.75) is 0 Å². The third kappa shape index (κ3) is 2.84. The molecule has 0 saturated heterocycles. The monoisotopic (exact) mass is 363 g/mol. The number of hydrogen-bond donors (Lipinski definition) is 0. The van der Waals surface area contributed by atoms with Gasteiger partial charge in [-0.25, -0.2) is 0 Å². The molecule has 128 valence electrons. The highest BCUT2D eigenvalue weighted by molar-refractivity contribution is 7.21. The molecule has 1 nitrogen and oxygen atoms in total. The van der Waals surface area contributed by atoms with Crippen molar-refractivity contribution in [3.05, 3.63) is 103 Å². The van der Waals surface area contributed by atoms with Crippen LogP contribution in [0.15, 0.2) is 103 Å². The van der Waals surface area contributed by atoms with E-state index in [0.29, 0.717) is 0 Å². The maximum Gasteiger partial charge on any atom is 0.0808 e. The molecule has 0 atom stereocenters. The molecule has 27 heavy (non-hydrogen) atoms. The SMILES string of the molecule is c1ccc(-c2ccccc2-c2sc(-c3ccccn3)c3ccccc23)cc1. The second kappa shape index (κ2) is 6.82. The molecule has 0 amide bonds. The summed E-state index contributed by atoms with van der Waals surface area (Å²) in [5.74, 6) is 0. The highest BCUT2D eigenvalue weighted by Crippen LogP contribution is 2.45. The standard InChI is InChI=1S/C25H17NS/c1-2-10-18(11-3-1)19-12-4-5-13-20(19)24-21-14-6-7-15-22(21)25(27-24)23-16-8-9-17-26-23/h1-17H. The first-order valence-electron chi connectivity index (χ1n) is 8.99. The summed E-state index contributed by atoms with van der Waals surface area (Å²) >= 11 is 1.83. The number of fused-ring (bicyclic) bond motifs is 1. The summed E-state index contributed by atoms with van der Waals surface area (Å²) in [7, 11) is 0. The average Bonchev–Trinajstić information content (AvgIpc) is 3.15. The Bertz CT molecular complexity index is 1210.